The third-order valence-corrected chi connectivity index (χ3v) is 5.13. The maximum Gasteiger partial charge on any atom is 0.122 e. The standard InChI is InChI=1S/C26H27NO/c1-19(2)28-25-18-24(21-10-6-4-7-11-21)27(23-12-8-5-9-13-23)26(25)22-16-14-20(3)15-17-22/h4-19,24,26H,1-3H3. The van der Waals surface area contributed by atoms with Gasteiger partial charge in [-0.3, -0.25) is 0 Å². The van der Waals surface area contributed by atoms with E-state index in [1.54, 1.807) is 0 Å². The molecule has 0 saturated heterocycles. The van der Waals surface area contributed by atoms with Crippen LogP contribution in [-0.4, -0.2) is 6.10 Å². The maximum absolute atomic E-state index is 6.33. The van der Waals surface area contributed by atoms with Gasteiger partial charge >= 0.3 is 0 Å². The average Bonchev–Trinajstić information content (AvgIpc) is 3.08. The highest BCUT2D eigenvalue weighted by Crippen LogP contribution is 2.46. The van der Waals surface area contributed by atoms with Gasteiger partial charge in [0.15, 0.2) is 0 Å². The van der Waals surface area contributed by atoms with E-state index in [-0.39, 0.29) is 18.2 Å². The Morgan fingerprint density at radius 3 is 1.96 bits per heavy atom. The number of ether oxygens (including phenoxy) is 1. The fraction of sp³-hybridized carbons (Fsp3) is 0.231. The molecule has 0 amide bonds. The van der Waals surface area contributed by atoms with Gasteiger partial charge in [-0.2, -0.15) is 0 Å². The largest absolute Gasteiger partial charge is 0.493 e. The molecule has 142 valence electrons. The summed E-state index contributed by atoms with van der Waals surface area (Å²) in [5.41, 5.74) is 4.98. The van der Waals surface area contributed by atoms with E-state index < -0.39 is 0 Å². The molecular weight excluding hydrogens is 342 g/mol. The number of nitrogens with zero attached hydrogens (tertiary/aromatic N) is 1. The lowest BCUT2D eigenvalue weighted by atomic mass is 10.0. The molecule has 0 fully saturated rings. The number of anilines is 1. The predicted octanol–water partition coefficient (Wildman–Crippen LogP) is 6.61. The van der Waals surface area contributed by atoms with E-state index in [1.807, 2.05) is 0 Å². The van der Waals surface area contributed by atoms with Crippen LogP contribution in [0.25, 0.3) is 0 Å². The lowest BCUT2D eigenvalue weighted by Crippen LogP contribution is -2.28. The van der Waals surface area contributed by atoms with Crippen LogP contribution in [0.4, 0.5) is 5.69 Å². The molecule has 2 nitrogen and oxygen atoms in total. The van der Waals surface area contributed by atoms with E-state index in [2.05, 4.69) is 117 Å². The zero-order valence-corrected chi connectivity index (χ0v) is 16.7. The van der Waals surface area contributed by atoms with Crippen molar-refractivity contribution in [2.45, 2.75) is 39.0 Å². The molecule has 2 unspecified atom stereocenters. The first kappa shape index (κ1) is 18.4. The Morgan fingerprint density at radius 2 is 1.36 bits per heavy atom. The molecule has 28 heavy (non-hydrogen) atoms. The van der Waals surface area contributed by atoms with Gasteiger partial charge in [0.2, 0.25) is 0 Å². The molecule has 0 bridgehead atoms. The van der Waals surface area contributed by atoms with Gasteiger partial charge in [0.05, 0.1) is 12.1 Å². The zero-order chi connectivity index (χ0) is 19.5. The van der Waals surface area contributed by atoms with Crippen molar-refractivity contribution in [1.29, 1.82) is 0 Å². The average molecular weight is 370 g/mol. The molecule has 0 spiro atoms. The SMILES string of the molecule is Cc1ccc(C2C(OC(C)C)=CC(c3ccccc3)N2c2ccccc2)cc1. The molecule has 0 N–H and O–H groups in total. The minimum atomic E-state index is 0.0515. The molecule has 0 saturated carbocycles. The third kappa shape index (κ3) is 3.68. The molecule has 1 heterocycles. The van der Waals surface area contributed by atoms with Crippen LogP contribution >= 0.6 is 0 Å². The van der Waals surface area contributed by atoms with Gasteiger partial charge in [-0.25, -0.2) is 0 Å². The second kappa shape index (κ2) is 7.93. The number of rotatable bonds is 5. The van der Waals surface area contributed by atoms with Crippen molar-refractivity contribution in [2.75, 3.05) is 4.90 Å². The molecular formula is C26H27NO. The number of para-hydroxylation sites is 1. The van der Waals surface area contributed by atoms with Crippen LogP contribution in [0.5, 0.6) is 0 Å². The van der Waals surface area contributed by atoms with Crippen LogP contribution in [0.2, 0.25) is 0 Å². The molecule has 1 aliphatic heterocycles. The zero-order valence-electron chi connectivity index (χ0n) is 16.7. The van der Waals surface area contributed by atoms with Gasteiger partial charge < -0.3 is 9.64 Å². The molecule has 0 aromatic heterocycles. The van der Waals surface area contributed by atoms with E-state index in [0.717, 1.165) is 5.76 Å². The van der Waals surface area contributed by atoms with Crippen LogP contribution in [-0.2, 0) is 4.74 Å². The Kier molecular flexibility index (Phi) is 5.21. The summed E-state index contributed by atoms with van der Waals surface area (Å²) < 4.78 is 6.33. The second-order valence-corrected chi connectivity index (χ2v) is 7.65. The van der Waals surface area contributed by atoms with E-state index in [4.69, 9.17) is 4.74 Å². The molecule has 2 atom stereocenters. The first-order valence-electron chi connectivity index (χ1n) is 9.97. The normalized spacial score (nSPS) is 19.0. The second-order valence-electron chi connectivity index (χ2n) is 7.65. The summed E-state index contributed by atoms with van der Waals surface area (Å²) in [7, 11) is 0. The quantitative estimate of drug-likeness (QED) is 0.502. The smallest absolute Gasteiger partial charge is 0.122 e. The summed E-state index contributed by atoms with van der Waals surface area (Å²) >= 11 is 0. The summed E-state index contributed by atoms with van der Waals surface area (Å²) in [6.45, 7) is 6.31. The van der Waals surface area contributed by atoms with Gasteiger partial charge in [0.1, 0.15) is 11.8 Å². The monoisotopic (exact) mass is 369 g/mol. The highest BCUT2D eigenvalue weighted by Gasteiger charge is 2.38. The Hall–Kier alpha value is -3.00. The van der Waals surface area contributed by atoms with Gasteiger partial charge in [-0.1, -0.05) is 78.4 Å². The lowest BCUT2D eigenvalue weighted by molar-refractivity contribution is 0.136. The fourth-order valence-electron chi connectivity index (χ4n) is 3.89. The summed E-state index contributed by atoms with van der Waals surface area (Å²) in [5.74, 6) is 1.02. The Bertz CT molecular complexity index is 929. The Balaban J connectivity index is 1.85. The Morgan fingerprint density at radius 1 is 0.750 bits per heavy atom. The summed E-state index contributed by atoms with van der Waals surface area (Å²) in [5, 5.41) is 0. The van der Waals surface area contributed by atoms with Crippen LogP contribution in [0, 0.1) is 6.92 Å². The highest BCUT2D eigenvalue weighted by atomic mass is 16.5. The van der Waals surface area contributed by atoms with Crippen molar-refractivity contribution < 1.29 is 4.74 Å². The number of hydrogen-bond acceptors (Lipinski definition) is 2. The van der Waals surface area contributed by atoms with Crippen molar-refractivity contribution in [3.8, 4) is 0 Å². The van der Waals surface area contributed by atoms with E-state index in [9.17, 15) is 0 Å². The molecule has 1 aliphatic rings. The number of hydrogen-bond donors (Lipinski definition) is 0. The minimum Gasteiger partial charge on any atom is -0.493 e. The number of aryl methyl sites for hydroxylation is 1. The van der Waals surface area contributed by atoms with Crippen molar-refractivity contribution in [3.05, 3.63) is 113 Å². The van der Waals surface area contributed by atoms with Crippen molar-refractivity contribution in [1.82, 2.24) is 0 Å². The van der Waals surface area contributed by atoms with E-state index in [1.165, 1.54) is 22.4 Å². The fourth-order valence-corrected chi connectivity index (χ4v) is 3.89. The molecule has 4 rings (SSSR count). The molecule has 0 radical (unpaired) electrons. The van der Waals surface area contributed by atoms with E-state index in [0.29, 0.717) is 0 Å². The number of benzene rings is 3. The summed E-state index contributed by atoms with van der Waals surface area (Å²) in [6.07, 6.45) is 2.42. The van der Waals surface area contributed by atoms with Crippen molar-refractivity contribution >= 4 is 5.69 Å². The first-order valence-corrected chi connectivity index (χ1v) is 9.97. The minimum absolute atomic E-state index is 0.0515. The third-order valence-electron chi connectivity index (χ3n) is 5.13. The van der Waals surface area contributed by atoms with Gasteiger partial charge in [0, 0.05) is 5.69 Å². The van der Waals surface area contributed by atoms with Crippen molar-refractivity contribution in [3.63, 3.8) is 0 Å². The highest BCUT2D eigenvalue weighted by molar-refractivity contribution is 5.58. The van der Waals surface area contributed by atoms with Crippen LogP contribution in [0.1, 0.15) is 42.6 Å². The summed E-state index contributed by atoms with van der Waals surface area (Å²) in [4.78, 5) is 2.47. The molecule has 2 heteroatoms. The van der Waals surface area contributed by atoms with Crippen LogP contribution < -0.4 is 4.90 Å². The molecule has 3 aromatic carbocycles. The molecule has 3 aromatic rings. The van der Waals surface area contributed by atoms with Gasteiger partial charge in [-0.05, 0) is 50.1 Å². The Labute approximate surface area is 168 Å². The lowest BCUT2D eigenvalue weighted by Gasteiger charge is -2.34. The molecule has 0 aliphatic carbocycles. The topological polar surface area (TPSA) is 12.5 Å². The first-order chi connectivity index (χ1) is 13.6. The van der Waals surface area contributed by atoms with Crippen molar-refractivity contribution in [2.24, 2.45) is 0 Å². The van der Waals surface area contributed by atoms with Crippen LogP contribution in [0.3, 0.4) is 0 Å². The van der Waals surface area contributed by atoms with Gasteiger partial charge in [-0.15, -0.1) is 0 Å². The van der Waals surface area contributed by atoms with Crippen LogP contribution in [0.15, 0.2) is 96.8 Å². The predicted molar refractivity (Wildman–Crippen MR) is 116 cm³/mol. The summed E-state index contributed by atoms with van der Waals surface area (Å²) in [6, 6.07) is 30.3. The maximum atomic E-state index is 6.33. The van der Waals surface area contributed by atoms with Gasteiger partial charge in [0.25, 0.3) is 0 Å². The van der Waals surface area contributed by atoms with E-state index >= 15 is 0 Å².